The molecule has 0 radical (unpaired) electrons. The summed E-state index contributed by atoms with van der Waals surface area (Å²) in [6.45, 7) is 2.29. The molecule has 0 saturated heterocycles. The molecule has 2 rings (SSSR count). The van der Waals surface area contributed by atoms with Crippen LogP contribution in [0.2, 0.25) is 5.02 Å². The highest BCUT2D eigenvalue weighted by atomic mass is 35.5. The summed E-state index contributed by atoms with van der Waals surface area (Å²) in [4.78, 5) is 6.51. The summed E-state index contributed by atoms with van der Waals surface area (Å²) in [5.74, 6) is 1.46. The van der Waals surface area contributed by atoms with E-state index in [0.29, 0.717) is 16.6 Å². The number of nitrogens with two attached hydrogens (primary N) is 1. The lowest BCUT2D eigenvalue weighted by molar-refractivity contribution is 0.335. The second-order valence-electron chi connectivity index (χ2n) is 5.45. The van der Waals surface area contributed by atoms with Crippen LogP contribution in [-0.2, 0) is 0 Å². The third-order valence-electron chi connectivity index (χ3n) is 3.95. The minimum atomic E-state index is -0.0148. The van der Waals surface area contributed by atoms with Crippen molar-refractivity contribution in [1.82, 2.24) is 4.98 Å². The molecule has 1 heterocycles. The number of nitrogens with zero attached hydrogens (tertiary/aromatic N) is 2. The van der Waals surface area contributed by atoms with E-state index < -0.39 is 0 Å². The van der Waals surface area contributed by atoms with Gasteiger partial charge in [-0.15, -0.1) is 0 Å². The van der Waals surface area contributed by atoms with Crippen LogP contribution in [0.15, 0.2) is 12.3 Å². The second-order valence-corrected chi connectivity index (χ2v) is 5.82. The summed E-state index contributed by atoms with van der Waals surface area (Å²) in [6.07, 6.45) is 6.56. The molecular weight excluding hydrogens is 260 g/mol. The van der Waals surface area contributed by atoms with Crippen molar-refractivity contribution in [2.75, 3.05) is 11.9 Å². The molecule has 2 unspecified atom stereocenters. The zero-order valence-corrected chi connectivity index (χ0v) is 12.2. The Hall–Kier alpha value is -1.29. The van der Waals surface area contributed by atoms with E-state index in [-0.39, 0.29) is 5.84 Å². The van der Waals surface area contributed by atoms with Gasteiger partial charge in [0.2, 0.25) is 0 Å². The monoisotopic (exact) mass is 280 g/mol. The zero-order chi connectivity index (χ0) is 14.0. The highest BCUT2D eigenvalue weighted by molar-refractivity contribution is 6.36. The van der Waals surface area contributed by atoms with E-state index in [1.165, 1.54) is 25.7 Å². The maximum atomic E-state index is 7.54. The van der Waals surface area contributed by atoms with E-state index in [0.717, 1.165) is 11.7 Å². The predicted octanol–water partition coefficient (Wildman–Crippen LogP) is 3.03. The Morgan fingerprint density at radius 3 is 2.89 bits per heavy atom. The van der Waals surface area contributed by atoms with Crippen molar-refractivity contribution in [3.05, 3.63) is 22.8 Å². The van der Waals surface area contributed by atoms with Crippen molar-refractivity contribution in [1.29, 1.82) is 5.41 Å². The molecule has 1 aliphatic rings. The topological polar surface area (TPSA) is 66.0 Å². The van der Waals surface area contributed by atoms with Gasteiger partial charge in [-0.3, -0.25) is 5.41 Å². The molecule has 0 bridgehead atoms. The number of halogens is 1. The van der Waals surface area contributed by atoms with Crippen LogP contribution in [0.3, 0.4) is 0 Å². The quantitative estimate of drug-likeness (QED) is 0.661. The van der Waals surface area contributed by atoms with Crippen molar-refractivity contribution < 1.29 is 0 Å². The minimum Gasteiger partial charge on any atom is -0.384 e. The molecule has 0 spiro atoms. The van der Waals surface area contributed by atoms with Crippen molar-refractivity contribution in [3.63, 3.8) is 0 Å². The number of nitrogens with one attached hydrogen (secondary N) is 1. The molecule has 19 heavy (non-hydrogen) atoms. The van der Waals surface area contributed by atoms with Gasteiger partial charge in [0.1, 0.15) is 11.7 Å². The molecule has 0 aliphatic heterocycles. The number of amidine groups is 1. The molecule has 1 saturated carbocycles. The van der Waals surface area contributed by atoms with Gasteiger partial charge in [-0.05, 0) is 24.8 Å². The summed E-state index contributed by atoms with van der Waals surface area (Å²) < 4.78 is 0. The Bertz CT molecular complexity index is 475. The van der Waals surface area contributed by atoms with Crippen LogP contribution in [-0.4, -0.2) is 23.9 Å². The molecule has 104 valence electrons. The van der Waals surface area contributed by atoms with Crippen LogP contribution in [0.5, 0.6) is 0 Å². The largest absolute Gasteiger partial charge is 0.384 e. The molecule has 3 N–H and O–H groups in total. The summed E-state index contributed by atoms with van der Waals surface area (Å²) in [5.41, 5.74) is 6.09. The van der Waals surface area contributed by atoms with Gasteiger partial charge >= 0.3 is 0 Å². The lowest BCUT2D eigenvalue weighted by Crippen LogP contribution is -2.36. The van der Waals surface area contributed by atoms with Gasteiger partial charge in [-0.25, -0.2) is 4.98 Å². The van der Waals surface area contributed by atoms with Gasteiger partial charge in [-0.2, -0.15) is 0 Å². The van der Waals surface area contributed by atoms with Crippen molar-refractivity contribution in [2.24, 2.45) is 11.7 Å². The lowest BCUT2D eigenvalue weighted by atomic mass is 9.86. The standard InChI is InChI=1S/C14H21ClN4/c1-9-4-3-5-10(8-9)19(2)14-12(15)11(13(16)17)6-7-18-14/h6-7,9-10H,3-5,8H2,1-2H3,(H3,16,17). The third kappa shape index (κ3) is 3.00. The normalized spacial score (nSPS) is 23.1. The first kappa shape index (κ1) is 14.1. The average Bonchev–Trinajstić information content (AvgIpc) is 2.38. The lowest BCUT2D eigenvalue weighted by Gasteiger charge is -2.35. The van der Waals surface area contributed by atoms with Crippen LogP contribution >= 0.6 is 11.6 Å². The first-order valence-corrected chi connectivity index (χ1v) is 7.10. The predicted molar refractivity (Wildman–Crippen MR) is 80.1 cm³/mol. The van der Waals surface area contributed by atoms with E-state index in [1.54, 1.807) is 12.3 Å². The fourth-order valence-corrected chi connectivity index (χ4v) is 3.16. The fraction of sp³-hybridized carbons (Fsp3) is 0.571. The molecule has 4 nitrogen and oxygen atoms in total. The van der Waals surface area contributed by atoms with Crippen LogP contribution in [0, 0.1) is 11.3 Å². The first-order valence-electron chi connectivity index (χ1n) is 6.72. The Kier molecular flexibility index (Phi) is 4.30. The van der Waals surface area contributed by atoms with Gasteiger partial charge in [-0.1, -0.05) is 31.4 Å². The van der Waals surface area contributed by atoms with Crippen molar-refractivity contribution in [3.8, 4) is 0 Å². The van der Waals surface area contributed by atoms with E-state index in [2.05, 4.69) is 16.8 Å². The number of nitrogen functional groups attached to an aromatic ring is 1. The van der Waals surface area contributed by atoms with Gasteiger partial charge in [0.05, 0.1) is 5.02 Å². The van der Waals surface area contributed by atoms with Crippen LogP contribution in [0.1, 0.15) is 38.2 Å². The number of aromatic nitrogens is 1. The maximum absolute atomic E-state index is 7.54. The van der Waals surface area contributed by atoms with Crippen LogP contribution in [0.25, 0.3) is 0 Å². The minimum absolute atomic E-state index is 0.0148. The van der Waals surface area contributed by atoms with Gasteiger partial charge in [0, 0.05) is 24.8 Å². The van der Waals surface area contributed by atoms with E-state index in [1.807, 2.05) is 7.05 Å². The number of hydrogen-bond acceptors (Lipinski definition) is 3. The smallest absolute Gasteiger partial charge is 0.148 e. The van der Waals surface area contributed by atoms with E-state index in [4.69, 9.17) is 22.7 Å². The Labute approximate surface area is 119 Å². The summed E-state index contributed by atoms with van der Waals surface area (Å²) in [5, 5.41) is 8.02. The number of pyridine rings is 1. The number of anilines is 1. The molecule has 1 aliphatic carbocycles. The molecule has 0 aromatic carbocycles. The zero-order valence-electron chi connectivity index (χ0n) is 11.5. The van der Waals surface area contributed by atoms with Gasteiger partial charge in [0.15, 0.2) is 0 Å². The number of rotatable bonds is 3. The summed E-state index contributed by atoms with van der Waals surface area (Å²) in [6, 6.07) is 2.15. The van der Waals surface area contributed by atoms with E-state index >= 15 is 0 Å². The Morgan fingerprint density at radius 2 is 2.26 bits per heavy atom. The average molecular weight is 281 g/mol. The summed E-state index contributed by atoms with van der Waals surface area (Å²) in [7, 11) is 2.03. The van der Waals surface area contributed by atoms with Crippen LogP contribution < -0.4 is 10.6 Å². The Balaban J connectivity index is 2.26. The molecule has 1 fully saturated rings. The summed E-state index contributed by atoms with van der Waals surface area (Å²) >= 11 is 6.33. The molecule has 5 heteroatoms. The van der Waals surface area contributed by atoms with E-state index in [9.17, 15) is 0 Å². The van der Waals surface area contributed by atoms with Crippen molar-refractivity contribution in [2.45, 2.75) is 38.6 Å². The number of hydrogen-bond donors (Lipinski definition) is 2. The van der Waals surface area contributed by atoms with Crippen LogP contribution in [0.4, 0.5) is 5.82 Å². The second kappa shape index (κ2) is 5.78. The maximum Gasteiger partial charge on any atom is 0.148 e. The molecule has 1 aromatic heterocycles. The van der Waals surface area contributed by atoms with Gasteiger partial charge < -0.3 is 10.6 Å². The molecule has 0 amide bonds. The fourth-order valence-electron chi connectivity index (χ4n) is 2.81. The molecule has 2 atom stereocenters. The third-order valence-corrected chi connectivity index (χ3v) is 4.32. The Morgan fingerprint density at radius 1 is 1.53 bits per heavy atom. The highest BCUT2D eigenvalue weighted by Crippen LogP contribution is 2.32. The molecular formula is C14H21ClN4. The first-order chi connectivity index (χ1) is 9.00. The van der Waals surface area contributed by atoms with Gasteiger partial charge in [0.25, 0.3) is 0 Å². The SMILES string of the molecule is CC1CCCC(N(C)c2nccc(C(=N)N)c2Cl)C1. The molecule has 1 aromatic rings. The highest BCUT2D eigenvalue weighted by Gasteiger charge is 2.25. The van der Waals surface area contributed by atoms with Crippen molar-refractivity contribution >= 4 is 23.3 Å².